The number of rotatable bonds is 3. The topological polar surface area (TPSA) is 63.3 Å². The van der Waals surface area contributed by atoms with Gasteiger partial charge in [0.05, 0.1) is 6.04 Å². The maximum atomic E-state index is 5.96. The lowest BCUT2D eigenvalue weighted by Gasteiger charge is -2.18. The van der Waals surface area contributed by atoms with Crippen LogP contribution in [0, 0.1) is 0 Å². The molecule has 1 aliphatic heterocycles. The van der Waals surface area contributed by atoms with Crippen LogP contribution in [0.5, 0.6) is 0 Å². The van der Waals surface area contributed by atoms with Crippen molar-refractivity contribution in [1.29, 1.82) is 0 Å². The number of aliphatic imine (C=N–C) groups is 1. The lowest BCUT2D eigenvalue weighted by molar-refractivity contribution is 0.461. The molecule has 5 heteroatoms. The molecule has 0 bridgehead atoms. The Bertz CT molecular complexity index is 718. The summed E-state index contributed by atoms with van der Waals surface area (Å²) in [4.78, 5) is 8.77. The van der Waals surface area contributed by atoms with Gasteiger partial charge in [0, 0.05) is 29.6 Å². The Hall–Kier alpha value is -1.91. The summed E-state index contributed by atoms with van der Waals surface area (Å²) in [6.45, 7) is 2.07. The van der Waals surface area contributed by atoms with Gasteiger partial charge in [-0.3, -0.25) is 4.99 Å². The molecule has 2 heterocycles. The smallest absolute Gasteiger partial charge is 0.129 e. The molecule has 0 amide bonds. The second kappa shape index (κ2) is 6.90. The van der Waals surface area contributed by atoms with Gasteiger partial charge in [-0.25, -0.2) is 4.98 Å². The molecule has 1 aliphatic rings. The minimum atomic E-state index is 0.385. The molecule has 3 N–H and O–H groups in total. The Morgan fingerprint density at radius 1 is 1.27 bits per heavy atom. The van der Waals surface area contributed by atoms with Gasteiger partial charge >= 0.3 is 0 Å². The van der Waals surface area contributed by atoms with Crippen molar-refractivity contribution in [2.45, 2.75) is 18.9 Å². The van der Waals surface area contributed by atoms with Crippen LogP contribution in [0.25, 0.3) is 16.3 Å². The van der Waals surface area contributed by atoms with Crippen LogP contribution in [0.1, 0.15) is 18.4 Å². The fourth-order valence-electron chi connectivity index (χ4n) is 2.65. The number of allylic oxidation sites excluding steroid dienone is 1. The number of fused-ring (bicyclic) bond motifs is 1. The van der Waals surface area contributed by atoms with Crippen LogP contribution in [0.3, 0.4) is 0 Å². The highest BCUT2D eigenvalue weighted by Gasteiger charge is 2.10. The van der Waals surface area contributed by atoms with Gasteiger partial charge in [-0.15, -0.1) is 0 Å². The second-order valence-electron chi connectivity index (χ2n) is 5.45. The molecule has 0 radical (unpaired) electrons. The Morgan fingerprint density at radius 2 is 2.09 bits per heavy atom. The van der Waals surface area contributed by atoms with Crippen molar-refractivity contribution in [3.8, 4) is 0 Å². The Morgan fingerprint density at radius 3 is 2.86 bits per heavy atom. The van der Waals surface area contributed by atoms with E-state index in [4.69, 9.17) is 17.3 Å². The van der Waals surface area contributed by atoms with Gasteiger partial charge in [0.2, 0.25) is 0 Å². The zero-order valence-electron chi connectivity index (χ0n) is 12.3. The molecule has 0 unspecified atom stereocenters. The molecule has 22 heavy (non-hydrogen) atoms. The first kappa shape index (κ1) is 15.0. The van der Waals surface area contributed by atoms with Crippen LogP contribution < -0.4 is 11.1 Å². The van der Waals surface area contributed by atoms with E-state index in [1.54, 1.807) is 12.4 Å². The van der Waals surface area contributed by atoms with Gasteiger partial charge in [0.15, 0.2) is 0 Å². The van der Waals surface area contributed by atoms with Crippen LogP contribution in [-0.4, -0.2) is 30.3 Å². The molecule has 0 spiro atoms. The van der Waals surface area contributed by atoms with E-state index in [0.29, 0.717) is 11.2 Å². The predicted octanol–water partition coefficient (Wildman–Crippen LogP) is 3.01. The maximum Gasteiger partial charge on any atom is 0.129 e. The van der Waals surface area contributed by atoms with Crippen molar-refractivity contribution in [2.24, 2.45) is 10.7 Å². The maximum absolute atomic E-state index is 5.96. The highest BCUT2D eigenvalue weighted by molar-refractivity contribution is 6.30. The summed E-state index contributed by atoms with van der Waals surface area (Å²) < 4.78 is 0. The molecule has 1 saturated heterocycles. The Labute approximate surface area is 135 Å². The number of halogens is 1. The third kappa shape index (κ3) is 3.46. The van der Waals surface area contributed by atoms with Crippen molar-refractivity contribution in [1.82, 2.24) is 10.3 Å². The van der Waals surface area contributed by atoms with Crippen molar-refractivity contribution in [2.75, 3.05) is 13.1 Å². The van der Waals surface area contributed by atoms with Crippen LogP contribution >= 0.6 is 11.6 Å². The molecular formula is C17H19ClN4. The number of nitrogens with one attached hydrogen (secondary N) is 1. The average Bonchev–Trinajstić information content (AvgIpc) is 2.56. The van der Waals surface area contributed by atoms with Crippen LogP contribution in [0.2, 0.25) is 5.15 Å². The van der Waals surface area contributed by atoms with Gasteiger partial charge in [-0.1, -0.05) is 23.7 Å². The standard InChI is InChI=1S/C17H19ClN4/c18-17-8-14-7-12(1-2-13(14)10-22-17)15(9-19)11-21-16-3-5-20-6-4-16/h1-2,7-11,16,20H,3-6,19H2. The molecule has 114 valence electrons. The molecule has 1 aromatic carbocycles. The number of hydrogen-bond acceptors (Lipinski definition) is 4. The SMILES string of the molecule is NC=C(C=NC1CCNCC1)c1ccc2cnc(Cl)cc2c1. The van der Waals surface area contributed by atoms with E-state index >= 15 is 0 Å². The minimum absolute atomic E-state index is 0.385. The highest BCUT2D eigenvalue weighted by Crippen LogP contribution is 2.22. The van der Waals surface area contributed by atoms with E-state index in [2.05, 4.69) is 21.4 Å². The molecule has 4 nitrogen and oxygen atoms in total. The fourth-order valence-corrected chi connectivity index (χ4v) is 2.82. The summed E-state index contributed by atoms with van der Waals surface area (Å²) >= 11 is 5.96. The number of pyridine rings is 1. The zero-order valence-corrected chi connectivity index (χ0v) is 13.1. The summed E-state index contributed by atoms with van der Waals surface area (Å²) in [7, 11) is 0. The first-order valence-electron chi connectivity index (χ1n) is 7.48. The average molecular weight is 315 g/mol. The summed E-state index contributed by atoms with van der Waals surface area (Å²) in [6.07, 6.45) is 7.42. The van der Waals surface area contributed by atoms with Crippen molar-refractivity contribution < 1.29 is 0 Å². The largest absolute Gasteiger partial charge is 0.404 e. The van der Waals surface area contributed by atoms with E-state index in [0.717, 1.165) is 47.8 Å². The van der Waals surface area contributed by atoms with Crippen molar-refractivity contribution >= 4 is 34.2 Å². The van der Waals surface area contributed by atoms with Gasteiger partial charge in [0.1, 0.15) is 5.15 Å². The first-order valence-corrected chi connectivity index (χ1v) is 7.85. The molecule has 0 saturated carbocycles. The molecule has 0 atom stereocenters. The van der Waals surface area contributed by atoms with Gasteiger partial charge in [-0.05, 0) is 49.0 Å². The lowest BCUT2D eigenvalue weighted by Crippen LogP contribution is -2.29. The van der Waals surface area contributed by atoms with Crippen LogP contribution in [0.4, 0.5) is 0 Å². The van der Waals surface area contributed by atoms with Gasteiger partial charge in [-0.2, -0.15) is 0 Å². The van der Waals surface area contributed by atoms with E-state index < -0.39 is 0 Å². The zero-order chi connectivity index (χ0) is 15.4. The lowest BCUT2D eigenvalue weighted by atomic mass is 10.0. The summed E-state index contributed by atoms with van der Waals surface area (Å²) in [5.74, 6) is 0. The third-order valence-electron chi connectivity index (χ3n) is 3.93. The number of nitrogens with two attached hydrogens (primary N) is 1. The molecule has 3 rings (SSSR count). The molecule has 0 aliphatic carbocycles. The van der Waals surface area contributed by atoms with E-state index in [-0.39, 0.29) is 0 Å². The fraction of sp³-hybridized carbons (Fsp3) is 0.294. The number of piperidine rings is 1. The van der Waals surface area contributed by atoms with E-state index in [1.165, 1.54) is 0 Å². The van der Waals surface area contributed by atoms with Crippen molar-refractivity contribution in [3.63, 3.8) is 0 Å². The molecule has 1 fully saturated rings. The number of nitrogens with zero attached hydrogens (tertiary/aromatic N) is 2. The second-order valence-corrected chi connectivity index (χ2v) is 5.84. The predicted molar refractivity (Wildman–Crippen MR) is 93.3 cm³/mol. The molecular weight excluding hydrogens is 296 g/mol. The quantitative estimate of drug-likeness (QED) is 0.676. The van der Waals surface area contributed by atoms with E-state index in [1.807, 2.05) is 24.4 Å². The minimum Gasteiger partial charge on any atom is -0.404 e. The Balaban J connectivity index is 1.85. The first-order chi connectivity index (χ1) is 10.8. The van der Waals surface area contributed by atoms with E-state index in [9.17, 15) is 0 Å². The molecule has 1 aromatic heterocycles. The van der Waals surface area contributed by atoms with Gasteiger partial charge in [0.25, 0.3) is 0 Å². The third-order valence-corrected chi connectivity index (χ3v) is 4.14. The Kier molecular flexibility index (Phi) is 4.71. The normalized spacial score (nSPS) is 17.4. The summed E-state index contributed by atoms with van der Waals surface area (Å²) in [5, 5.41) is 5.94. The monoisotopic (exact) mass is 314 g/mol. The molecule has 2 aromatic rings. The highest BCUT2D eigenvalue weighted by atomic mass is 35.5. The van der Waals surface area contributed by atoms with Crippen LogP contribution in [-0.2, 0) is 0 Å². The number of hydrogen-bond donors (Lipinski definition) is 2. The van der Waals surface area contributed by atoms with Crippen molar-refractivity contribution in [3.05, 3.63) is 47.4 Å². The van der Waals surface area contributed by atoms with Crippen LogP contribution in [0.15, 0.2) is 41.7 Å². The summed E-state index contributed by atoms with van der Waals surface area (Å²) in [5.41, 5.74) is 7.75. The number of aromatic nitrogens is 1. The van der Waals surface area contributed by atoms with Gasteiger partial charge < -0.3 is 11.1 Å². The number of benzene rings is 1. The summed E-state index contributed by atoms with van der Waals surface area (Å²) in [6, 6.07) is 8.37.